The average Bonchev–Trinajstić information content (AvgIpc) is 2.55. The highest BCUT2D eigenvalue weighted by Gasteiger charge is 2.42. The summed E-state index contributed by atoms with van der Waals surface area (Å²) in [7, 11) is 0. The van der Waals surface area contributed by atoms with Crippen LogP contribution >= 0.6 is 11.3 Å². The predicted molar refractivity (Wildman–Crippen MR) is 61.4 cm³/mol. The van der Waals surface area contributed by atoms with E-state index in [0.29, 0.717) is 22.5 Å². The van der Waals surface area contributed by atoms with E-state index in [1.165, 1.54) is 11.3 Å². The summed E-state index contributed by atoms with van der Waals surface area (Å²) in [5.74, 6) is -0.872. The van der Waals surface area contributed by atoms with E-state index >= 15 is 0 Å². The van der Waals surface area contributed by atoms with Crippen molar-refractivity contribution < 1.29 is 9.90 Å². The van der Waals surface area contributed by atoms with Gasteiger partial charge in [0.25, 0.3) is 0 Å². The fraction of sp³-hybridized carbons (Fsp3) is 0.455. The molecule has 16 heavy (non-hydrogen) atoms. The molecule has 1 heterocycles. The van der Waals surface area contributed by atoms with E-state index in [4.69, 9.17) is 11.0 Å². The van der Waals surface area contributed by atoms with E-state index in [1.54, 1.807) is 6.92 Å². The molecule has 3 N–H and O–H groups in total. The number of hydrogen-bond acceptors (Lipinski definition) is 4. The zero-order chi connectivity index (χ0) is 11.9. The van der Waals surface area contributed by atoms with Crippen molar-refractivity contribution in [2.75, 3.05) is 5.73 Å². The first kappa shape index (κ1) is 11.0. The number of nitrogen functional groups attached to an aromatic ring is 1. The molecule has 1 aromatic rings. The maximum atomic E-state index is 11.4. The van der Waals surface area contributed by atoms with E-state index in [1.807, 2.05) is 6.07 Å². The average molecular weight is 236 g/mol. The number of nitrogens with zero attached hydrogens (tertiary/aromatic N) is 1. The Hall–Kier alpha value is -1.54. The largest absolute Gasteiger partial charge is 0.481 e. The van der Waals surface area contributed by atoms with E-state index < -0.39 is 11.4 Å². The minimum Gasteiger partial charge on any atom is -0.481 e. The summed E-state index contributed by atoms with van der Waals surface area (Å²) in [6, 6.07) is 2.04. The van der Waals surface area contributed by atoms with Crippen LogP contribution in [0.2, 0.25) is 0 Å². The predicted octanol–water partition coefficient (Wildman–Crippen LogP) is 1.88. The van der Waals surface area contributed by atoms with Crippen molar-refractivity contribution in [2.24, 2.45) is 0 Å². The summed E-state index contributed by atoms with van der Waals surface area (Å²) >= 11 is 1.35. The lowest BCUT2D eigenvalue weighted by Crippen LogP contribution is -2.36. The molecule has 1 aliphatic carbocycles. The minimum absolute atomic E-state index is 0.365. The molecule has 84 valence electrons. The van der Waals surface area contributed by atoms with Gasteiger partial charge < -0.3 is 10.8 Å². The molecule has 0 aliphatic heterocycles. The second-order valence-corrected chi connectivity index (χ2v) is 5.38. The van der Waals surface area contributed by atoms with Gasteiger partial charge in [-0.3, -0.25) is 4.79 Å². The molecule has 0 saturated heterocycles. The van der Waals surface area contributed by atoms with Crippen molar-refractivity contribution in [1.29, 1.82) is 5.26 Å². The Kier molecular flexibility index (Phi) is 2.39. The van der Waals surface area contributed by atoms with Gasteiger partial charge in [-0.25, -0.2) is 0 Å². The van der Waals surface area contributed by atoms with E-state index in [0.717, 1.165) is 17.7 Å². The van der Waals surface area contributed by atoms with Crippen LogP contribution in [-0.2, 0) is 16.6 Å². The number of fused-ring (bicyclic) bond motifs is 1. The van der Waals surface area contributed by atoms with Crippen LogP contribution in [0.3, 0.4) is 0 Å². The first-order chi connectivity index (χ1) is 7.50. The molecule has 0 radical (unpaired) electrons. The van der Waals surface area contributed by atoms with Crippen LogP contribution in [0.25, 0.3) is 0 Å². The number of nitrogens with two attached hydrogens (primary N) is 1. The lowest BCUT2D eigenvalue weighted by atomic mass is 9.72. The quantitative estimate of drug-likeness (QED) is 0.779. The molecule has 1 aromatic heterocycles. The van der Waals surface area contributed by atoms with Crippen LogP contribution in [0.15, 0.2) is 0 Å². The highest BCUT2D eigenvalue weighted by Crippen LogP contribution is 2.45. The molecule has 0 fully saturated rings. The van der Waals surface area contributed by atoms with Crippen LogP contribution < -0.4 is 5.73 Å². The lowest BCUT2D eigenvalue weighted by Gasteiger charge is -2.29. The zero-order valence-electron chi connectivity index (χ0n) is 8.91. The second-order valence-electron chi connectivity index (χ2n) is 4.24. The number of hydrogen-bond donors (Lipinski definition) is 2. The monoisotopic (exact) mass is 236 g/mol. The molecule has 0 bridgehead atoms. The smallest absolute Gasteiger partial charge is 0.313 e. The molecule has 5 heteroatoms. The molecular weight excluding hydrogens is 224 g/mol. The standard InChI is InChI=1S/C11H12N2O2S/c1-11(10(14)15)4-2-3-7-8(11)6(5-12)9(13)16-7/h2-4,13H2,1H3,(H,14,15). The van der Waals surface area contributed by atoms with Crippen LogP contribution in [0, 0.1) is 11.3 Å². The van der Waals surface area contributed by atoms with Crippen LogP contribution in [0.1, 0.15) is 35.8 Å². The second kappa shape index (κ2) is 3.49. The number of carbonyl (C=O) groups is 1. The third kappa shape index (κ3) is 1.30. The molecule has 0 aromatic carbocycles. The third-order valence-corrected chi connectivity index (χ3v) is 4.30. The van der Waals surface area contributed by atoms with Gasteiger partial charge >= 0.3 is 5.97 Å². The summed E-state index contributed by atoms with van der Waals surface area (Å²) in [6.45, 7) is 1.68. The van der Waals surface area contributed by atoms with Crippen LogP contribution in [0.4, 0.5) is 5.00 Å². The molecule has 1 aliphatic rings. The summed E-state index contributed by atoms with van der Waals surface area (Å²) in [4.78, 5) is 12.3. The van der Waals surface area contributed by atoms with Crippen LogP contribution in [0.5, 0.6) is 0 Å². The zero-order valence-corrected chi connectivity index (χ0v) is 9.73. The van der Waals surface area contributed by atoms with Gasteiger partial charge in [0.1, 0.15) is 11.1 Å². The third-order valence-electron chi connectivity index (χ3n) is 3.22. The van der Waals surface area contributed by atoms with Gasteiger partial charge in [-0.2, -0.15) is 5.26 Å². The van der Waals surface area contributed by atoms with Crippen molar-refractivity contribution in [2.45, 2.75) is 31.6 Å². The number of carboxylic acids is 1. The molecule has 2 rings (SSSR count). The topological polar surface area (TPSA) is 87.1 Å². The van der Waals surface area contributed by atoms with E-state index in [2.05, 4.69) is 0 Å². The fourth-order valence-electron chi connectivity index (χ4n) is 2.31. The number of nitriles is 1. The van der Waals surface area contributed by atoms with Crippen molar-refractivity contribution in [1.82, 2.24) is 0 Å². The Morgan fingerprint density at radius 3 is 2.94 bits per heavy atom. The highest BCUT2D eigenvalue weighted by molar-refractivity contribution is 7.16. The van der Waals surface area contributed by atoms with Gasteiger partial charge in [-0.15, -0.1) is 11.3 Å². The SMILES string of the molecule is CC1(C(=O)O)CCCc2sc(N)c(C#N)c21. The minimum atomic E-state index is -0.952. The number of anilines is 1. The van der Waals surface area contributed by atoms with Crippen molar-refractivity contribution in [3.05, 3.63) is 16.0 Å². The Balaban J connectivity index is 2.71. The summed E-state index contributed by atoms with van der Waals surface area (Å²) in [6.07, 6.45) is 2.23. The normalized spacial score (nSPS) is 23.5. The number of aliphatic carboxylic acids is 1. The molecule has 4 nitrogen and oxygen atoms in total. The van der Waals surface area contributed by atoms with Crippen molar-refractivity contribution >= 4 is 22.3 Å². The molecule has 1 atom stereocenters. The van der Waals surface area contributed by atoms with Gasteiger partial charge in [0.15, 0.2) is 0 Å². The van der Waals surface area contributed by atoms with Crippen LogP contribution in [-0.4, -0.2) is 11.1 Å². The number of thiophene rings is 1. The maximum Gasteiger partial charge on any atom is 0.313 e. The van der Waals surface area contributed by atoms with Gasteiger partial charge in [0.2, 0.25) is 0 Å². The summed E-state index contributed by atoms with van der Waals surface area (Å²) in [5.41, 5.74) is 5.82. The first-order valence-electron chi connectivity index (χ1n) is 5.06. The molecular formula is C11H12N2O2S. The van der Waals surface area contributed by atoms with Gasteiger partial charge in [-0.05, 0) is 26.2 Å². The first-order valence-corrected chi connectivity index (χ1v) is 5.87. The van der Waals surface area contributed by atoms with Gasteiger partial charge in [0.05, 0.1) is 11.0 Å². The van der Waals surface area contributed by atoms with Gasteiger partial charge in [0, 0.05) is 10.4 Å². The Morgan fingerprint density at radius 1 is 1.69 bits per heavy atom. The molecule has 0 saturated carbocycles. The molecule has 0 amide bonds. The Bertz CT molecular complexity index is 501. The van der Waals surface area contributed by atoms with Crippen molar-refractivity contribution in [3.8, 4) is 6.07 Å². The van der Waals surface area contributed by atoms with E-state index in [9.17, 15) is 9.90 Å². The number of aryl methyl sites for hydroxylation is 1. The maximum absolute atomic E-state index is 11.4. The number of carboxylic acid groups (broad SMARTS) is 1. The lowest BCUT2D eigenvalue weighted by molar-refractivity contribution is -0.143. The number of rotatable bonds is 1. The van der Waals surface area contributed by atoms with Crippen molar-refractivity contribution in [3.63, 3.8) is 0 Å². The summed E-state index contributed by atoms with van der Waals surface area (Å²) < 4.78 is 0. The van der Waals surface area contributed by atoms with E-state index in [-0.39, 0.29) is 0 Å². The summed E-state index contributed by atoms with van der Waals surface area (Å²) in [5, 5.41) is 18.8. The molecule has 1 unspecified atom stereocenters. The highest BCUT2D eigenvalue weighted by atomic mass is 32.1. The Labute approximate surface area is 97.3 Å². The van der Waals surface area contributed by atoms with Gasteiger partial charge in [-0.1, -0.05) is 0 Å². The Morgan fingerprint density at radius 2 is 2.38 bits per heavy atom. The molecule has 0 spiro atoms. The fourth-order valence-corrected chi connectivity index (χ4v) is 3.50.